The third-order valence-corrected chi connectivity index (χ3v) is 5.81. The van der Waals surface area contributed by atoms with Gasteiger partial charge in [-0.2, -0.15) is 0 Å². The number of carbonyl (C=O) groups is 2. The Hall–Kier alpha value is -3.75. The molecule has 3 heterocycles. The van der Waals surface area contributed by atoms with Crippen LogP contribution in [0.3, 0.4) is 0 Å². The maximum Gasteiger partial charge on any atom is 0.409 e. The Morgan fingerprint density at radius 1 is 1.09 bits per heavy atom. The Morgan fingerprint density at radius 3 is 2.52 bits per heavy atom. The minimum atomic E-state index is -0.273. The van der Waals surface area contributed by atoms with Crippen molar-refractivity contribution in [2.45, 2.75) is 20.4 Å². The fraction of sp³-hybridized carbons (Fsp3) is 0.375. The van der Waals surface area contributed by atoms with E-state index < -0.39 is 0 Å². The maximum atomic E-state index is 13.0. The van der Waals surface area contributed by atoms with Crippen LogP contribution in [0.15, 0.2) is 42.6 Å². The summed E-state index contributed by atoms with van der Waals surface area (Å²) in [5, 5.41) is 3.85. The predicted octanol–water partition coefficient (Wildman–Crippen LogP) is 3.60. The highest BCUT2D eigenvalue weighted by atomic mass is 16.6. The largest absolute Gasteiger partial charge is 0.496 e. The molecule has 1 N–H and O–H groups in total. The van der Waals surface area contributed by atoms with Gasteiger partial charge in [0.05, 0.1) is 31.1 Å². The first kappa shape index (κ1) is 22.4. The summed E-state index contributed by atoms with van der Waals surface area (Å²) in [6.45, 7) is 7.37. The molecular formula is C24H29N5O4. The first-order chi connectivity index (χ1) is 16.0. The molecule has 2 aromatic heterocycles. The fourth-order valence-corrected chi connectivity index (χ4v) is 4.14. The highest BCUT2D eigenvalue weighted by molar-refractivity contribution is 6.07. The first-order valence-electron chi connectivity index (χ1n) is 11.2. The molecule has 174 valence electrons. The summed E-state index contributed by atoms with van der Waals surface area (Å²) in [6, 6.07) is 11.4. The summed E-state index contributed by atoms with van der Waals surface area (Å²) in [5.41, 5.74) is 2.14. The van der Waals surface area contributed by atoms with Crippen LogP contribution in [0.1, 0.15) is 24.3 Å². The molecule has 0 atom stereocenters. The van der Waals surface area contributed by atoms with E-state index in [1.165, 1.54) is 0 Å². The zero-order valence-electron chi connectivity index (χ0n) is 19.2. The molecular weight excluding hydrogens is 422 g/mol. The van der Waals surface area contributed by atoms with Gasteiger partial charge in [0, 0.05) is 38.1 Å². The highest BCUT2D eigenvalue weighted by Gasteiger charge is 2.23. The van der Waals surface area contributed by atoms with Gasteiger partial charge >= 0.3 is 6.09 Å². The van der Waals surface area contributed by atoms with Crippen molar-refractivity contribution < 1.29 is 19.1 Å². The number of benzene rings is 1. The van der Waals surface area contributed by atoms with Crippen molar-refractivity contribution >= 4 is 34.4 Å². The van der Waals surface area contributed by atoms with Crippen LogP contribution >= 0.6 is 0 Å². The van der Waals surface area contributed by atoms with E-state index in [4.69, 9.17) is 9.47 Å². The maximum absolute atomic E-state index is 13.0. The van der Waals surface area contributed by atoms with Crippen LogP contribution in [0.5, 0.6) is 5.75 Å². The normalized spacial score (nSPS) is 13.8. The number of hydrogen-bond acceptors (Lipinski definition) is 6. The molecule has 0 aliphatic carbocycles. The molecule has 0 radical (unpaired) electrons. The van der Waals surface area contributed by atoms with Crippen molar-refractivity contribution in [2.24, 2.45) is 0 Å². The van der Waals surface area contributed by atoms with Crippen LogP contribution in [0.2, 0.25) is 0 Å². The number of aromatic nitrogens is 2. The molecule has 1 saturated heterocycles. The Balaban J connectivity index is 1.44. The molecule has 33 heavy (non-hydrogen) atoms. The van der Waals surface area contributed by atoms with Crippen molar-refractivity contribution in [3.05, 3.63) is 48.3 Å². The monoisotopic (exact) mass is 451 g/mol. The van der Waals surface area contributed by atoms with Gasteiger partial charge < -0.3 is 29.2 Å². The Kier molecular flexibility index (Phi) is 6.67. The van der Waals surface area contributed by atoms with E-state index in [1.54, 1.807) is 25.1 Å². The third kappa shape index (κ3) is 4.57. The topological polar surface area (TPSA) is 88.9 Å². The molecule has 0 spiro atoms. The first-order valence-corrected chi connectivity index (χ1v) is 11.2. The summed E-state index contributed by atoms with van der Waals surface area (Å²) < 4.78 is 12.5. The Bertz CT molecular complexity index is 1130. The molecule has 0 unspecified atom stereocenters. The van der Waals surface area contributed by atoms with Gasteiger partial charge in [-0.05, 0) is 44.2 Å². The number of methoxy groups -OCH3 is 1. The number of piperazine rings is 1. The van der Waals surface area contributed by atoms with Gasteiger partial charge in [0.1, 0.15) is 17.3 Å². The molecule has 2 amide bonds. The summed E-state index contributed by atoms with van der Waals surface area (Å²) in [6.07, 6.45) is 1.38. The van der Waals surface area contributed by atoms with E-state index in [2.05, 4.69) is 15.2 Å². The van der Waals surface area contributed by atoms with Gasteiger partial charge in [-0.25, -0.2) is 9.78 Å². The minimum Gasteiger partial charge on any atom is -0.496 e. The van der Waals surface area contributed by atoms with Crippen molar-refractivity contribution in [3.8, 4) is 5.75 Å². The summed E-state index contributed by atoms with van der Waals surface area (Å²) in [7, 11) is 1.63. The van der Waals surface area contributed by atoms with E-state index in [1.807, 2.05) is 47.9 Å². The fourth-order valence-electron chi connectivity index (χ4n) is 4.14. The van der Waals surface area contributed by atoms with Crippen LogP contribution in [-0.2, 0) is 11.3 Å². The van der Waals surface area contributed by atoms with Crippen molar-refractivity contribution in [1.82, 2.24) is 14.5 Å². The van der Waals surface area contributed by atoms with E-state index in [-0.39, 0.29) is 12.0 Å². The van der Waals surface area contributed by atoms with E-state index in [9.17, 15) is 9.59 Å². The van der Waals surface area contributed by atoms with E-state index in [0.29, 0.717) is 50.7 Å². The molecule has 0 bridgehead atoms. The lowest BCUT2D eigenvalue weighted by Crippen LogP contribution is -2.49. The van der Waals surface area contributed by atoms with Crippen molar-refractivity contribution in [3.63, 3.8) is 0 Å². The van der Waals surface area contributed by atoms with Gasteiger partial charge in [0.2, 0.25) is 0 Å². The lowest BCUT2D eigenvalue weighted by molar-refractivity contribution is 0.101. The number of nitrogens with one attached hydrogen (secondary N) is 1. The van der Waals surface area contributed by atoms with Crippen molar-refractivity contribution in [1.29, 1.82) is 0 Å². The second-order valence-electron chi connectivity index (χ2n) is 7.70. The molecule has 9 nitrogen and oxygen atoms in total. The SMILES string of the molecule is CCOC(=O)N1CCN(c2ccc(NC(=O)c3cc4c(OC)cccc4n3CC)cn2)CC1. The lowest BCUT2D eigenvalue weighted by Gasteiger charge is -2.34. The Morgan fingerprint density at radius 2 is 1.88 bits per heavy atom. The number of anilines is 2. The predicted molar refractivity (Wildman–Crippen MR) is 127 cm³/mol. The van der Waals surface area contributed by atoms with Gasteiger partial charge in [-0.1, -0.05) is 6.07 Å². The molecule has 1 aliphatic heterocycles. The van der Waals surface area contributed by atoms with Crippen LogP contribution < -0.4 is 15.0 Å². The van der Waals surface area contributed by atoms with Gasteiger partial charge in [0.25, 0.3) is 5.91 Å². The number of pyridine rings is 1. The van der Waals surface area contributed by atoms with Crippen LogP contribution in [0.4, 0.5) is 16.3 Å². The zero-order valence-corrected chi connectivity index (χ0v) is 19.2. The molecule has 3 aromatic rings. The number of fused-ring (bicyclic) bond motifs is 1. The number of hydrogen-bond donors (Lipinski definition) is 1. The average Bonchev–Trinajstić information content (AvgIpc) is 3.24. The molecule has 4 rings (SSSR count). The molecule has 1 fully saturated rings. The van der Waals surface area contributed by atoms with Crippen LogP contribution in [0.25, 0.3) is 10.9 Å². The second-order valence-corrected chi connectivity index (χ2v) is 7.70. The second kappa shape index (κ2) is 9.81. The summed E-state index contributed by atoms with van der Waals surface area (Å²) in [4.78, 5) is 33.2. The van der Waals surface area contributed by atoms with Gasteiger partial charge in [-0.15, -0.1) is 0 Å². The lowest BCUT2D eigenvalue weighted by atomic mass is 10.2. The average molecular weight is 452 g/mol. The quantitative estimate of drug-likeness (QED) is 0.616. The van der Waals surface area contributed by atoms with Crippen LogP contribution in [0, 0.1) is 0 Å². The van der Waals surface area contributed by atoms with Gasteiger partial charge in [0.15, 0.2) is 0 Å². The number of rotatable bonds is 6. The minimum absolute atomic E-state index is 0.201. The zero-order chi connectivity index (χ0) is 23.4. The van der Waals surface area contributed by atoms with E-state index >= 15 is 0 Å². The molecule has 0 saturated carbocycles. The number of nitrogens with zero attached hydrogens (tertiary/aromatic N) is 4. The molecule has 9 heteroatoms. The molecule has 1 aliphatic rings. The van der Waals surface area contributed by atoms with E-state index in [0.717, 1.165) is 22.5 Å². The number of amides is 2. The number of aryl methyl sites for hydroxylation is 1. The number of ether oxygens (including phenoxy) is 2. The summed E-state index contributed by atoms with van der Waals surface area (Å²) >= 11 is 0. The van der Waals surface area contributed by atoms with Gasteiger partial charge in [-0.3, -0.25) is 4.79 Å². The highest BCUT2D eigenvalue weighted by Crippen LogP contribution is 2.29. The third-order valence-electron chi connectivity index (χ3n) is 5.81. The standard InChI is InChI=1S/C24H29N5O4/c1-4-29-19-7-6-8-21(32-3)18(19)15-20(29)23(30)26-17-9-10-22(25-16-17)27-11-13-28(14-12-27)24(31)33-5-2/h6-10,15-16H,4-5,11-14H2,1-3H3,(H,26,30). The smallest absolute Gasteiger partial charge is 0.409 e. The summed E-state index contributed by atoms with van der Waals surface area (Å²) in [5.74, 6) is 1.35. The molecule has 1 aromatic carbocycles. The van der Waals surface area contributed by atoms with Crippen LogP contribution in [-0.4, -0.2) is 66.3 Å². The Labute approximate surface area is 192 Å². The van der Waals surface area contributed by atoms with Crippen molar-refractivity contribution in [2.75, 3.05) is 50.1 Å². The number of carbonyl (C=O) groups excluding carboxylic acids is 2.